The number of nitrogens with zero attached hydrogens (tertiary/aromatic N) is 3. The summed E-state index contributed by atoms with van der Waals surface area (Å²) in [5.74, 6) is 1.02. The van der Waals surface area contributed by atoms with E-state index in [1.807, 2.05) is 6.08 Å². The third kappa shape index (κ3) is 2.92. The Morgan fingerprint density at radius 2 is 1.85 bits per heavy atom. The first kappa shape index (κ1) is 16.9. The Balaban J connectivity index is 1.86. The van der Waals surface area contributed by atoms with Crippen LogP contribution < -0.4 is 4.90 Å². The number of anilines is 1. The average molecular weight is 363 g/mol. The number of hydrogen-bond acceptors (Lipinski definition) is 4. The van der Waals surface area contributed by atoms with E-state index in [2.05, 4.69) is 58.8 Å². The van der Waals surface area contributed by atoms with Crippen LogP contribution in [0.2, 0.25) is 0 Å². The van der Waals surface area contributed by atoms with Crippen LogP contribution in [-0.2, 0) is 0 Å². The molecule has 1 saturated heterocycles. The van der Waals surface area contributed by atoms with Gasteiger partial charge in [0, 0.05) is 35.1 Å². The lowest BCUT2D eigenvalue weighted by Crippen LogP contribution is -2.18. The predicted octanol–water partition coefficient (Wildman–Crippen LogP) is 5.14. The minimum absolute atomic E-state index is 0.870. The van der Waals surface area contributed by atoms with Gasteiger partial charge in [0.2, 0.25) is 0 Å². The van der Waals surface area contributed by atoms with E-state index in [9.17, 15) is 0 Å². The van der Waals surface area contributed by atoms with Gasteiger partial charge in [-0.3, -0.25) is 3.97 Å². The number of aryl methyl sites for hydroxylation is 1. The highest BCUT2D eigenvalue weighted by molar-refractivity contribution is 7.98. The lowest BCUT2D eigenvalue weighted by atomic mass is 10.2. The van der Waals surface area contributed by atoms with Crippen molar-refractivity contribution in [1.82, 2.24) is 8.96 Å². The van der Waals surface area contributed by atoms with Crippen LogP contribution in [0, 0.1) is 12.3 Å². The normalized spacial score (nSPS) is 14.1. The molecule has 3 aromatic rings. The van der Waals surface area contributed by atoms with E-state index in [0.29, 0.717) is 0 Å². The average Bonchev–Trinajstić information content (AvgIpc) is 3.29. The van der Waals surface area contributed by atoms with Crippen molar-refractivity contribution in [3.8, 4) is 0 Å². The molecule has 5 heteroatoms. The lowest BCUT2D eigenvalue weighted by molar-refractivity contribution is 0.941. The van der Waals surface area contributed by atoms with E-state index in [1.165, 1.54) is 24.6 Å². The quantitative estimate of drug-likeness (QED) is 0.639. The Bertz CT molecular complexity index is 966. The van der Waals surface area contributed by atoms with Gasteiger partial charge in [0.05, 0.1) is 5.69 Å². The number of fused-ring (bicyclic) bond motifs is 1. The Labute approximate surface area is 158 Å². The fourth-order valence-corrected chi connectivity index (χ4v) is 4.39. The van der Waals surface area contributed by atoms with Crippen LogP contribution in [0.4, 0.5) is 5.82 Å². The van der Waals surface area contributed by atoms with Crippen LogP contribution in [0.15, 0.2) is 47.9 Å². The van der Waals surface area contributed by atoms with Crippen LogP contribution in [-0.4, -0.2) is 28.3 Å². The number of aromatic nitrogens is 2. The van der Waals surface area contributed by atoms with Gasteiger partial charge in [-0.1, -0.05) is 24.3 Å². The molecule has 0 bridgehead atoms. The molecule has 1 N–H and O–H groups in total. The zero-order valence-corrected chi connectivity index (χ0v) is 15.7. The van der Waals surface area contributed by atoms with Crippen molar-refractivity contribution in [2.45, 2.75) is 24.7 Å². The molecule has 26 heavy (non-hydrogen) atoms. The van der Waals surface area contributed by atoms with Crippen LogP contribution in [0.3, 0.4) is 0 Å². The van der Waals surface area contributed by atoms with Crippen molar-refractivity contribution < 1.29 is 0 Å². The van der Waals surface area contributed by atoms with Crippen LogP contribution >= 0.6 is 11.9 Å². The molecule has 132 valence electrons. The number of rotatable bonds is 5. The van der Waals surface area contributed by atoms with Gasteiger partial charge < -0.3 is 10.3 Å². The molecule has 0 aliphatic carbocycles. The summed E-state index contributed by atoms with van der Waals surface area (Å²) >= 11 is 1.63. The van der Waals surface area contributed by atoms with Gasteiger partial charge in [-0.2, -0.15) is 0 Å². The first-order chi connectivity index (χ1) is 12.7. The standard InChI is InChI=1S/C21H22N4S/c1-3-19-18(14-22)17-10-11-20(24-12-4-5-13-24)23-21(17)25(19)26-16-8-6-15(2)7-9-16/h3,6-11,14,22H,1,4-5,12-13H2,2H3. The summed E-state index contributed by atoms with van der Waals surface area (Å²) in [6.45, 7) is 8.20. The maximum absolute atomic E-state index is 7.88. The zero-order chi connectivity index (χ0) is 18.1. The van der Waals surface area contributed by atoms with Crippen molar-refractivity contribution in [2.24, 2.45) is 0 Å². The number of pyridine rings is 1. The highest BCUT2D eigenvalue weighted by Crippen LogP contribution is 2.34. The van der Waals surface area contributed by atoms with Crippen molar-refractivity contribution in [1.29, 1.82) is 5.41 Å². The second-order valence-corrected chi connectivity index (χ2v) is 7.60. The molecular formula is C21H22N4S. The van der Waals surface area contributed by atoms with Crippen molar-refractivity contribution in [2.75, 3.05) is 18.0 Å². The van der Waals surface area contributed by atoms with Gasteiger partial charge in [-0.25, -0.2) is 4.98 Å². The Morgan fingerprint density at radius 1 is 1.12 bits per heavy atom. The molecule has 1 aliphatic heterocycles. The minimum atomic E-state index is 0.870. The molecule has 1 aliphatic rings. The van der Waals surface area contributed by atoms with E-state index < -0.39 is 0 Å². The fraction of sp³-hybridized carbons (Fsp3) is 0.238. The summed E-state index contributed by atoms with van der Waals surface area (Å²) in [7, 11) is 0. The molecule has 4 nitrogen and oxygen atoms in total. The number of nitrogens with one attached hydrogen (secondary N) is 1. The molecule has 0 unspecified atom stereocenters. The third-order valence-corrected chi connectivity index (χ3v) is 5.86. The molecule has 1 aromatic carbocycles. The second-order valence-electron chi connectivity index (χ2n) is 6.58. The summed E-state index contributed by atoms with van der Waals surface area (Å²) in [6.07, 6.45) is 5.67. The third-order valence-electron chi connectivity index (χ3n) is 4.82. The van der Waals surface area contributed by atoms with E-state index >= 15 is 0 Å². The Kier molecular flexibility index (Phi) is 4.55. The maximum Gasteiger partial charge on any atom is 0.153 e. The molecule has 2 aromatic heterocycles. The highest BCUT2D eigenvalue weighted by atomic mass is 32.2. The summed E-state index contributed by atoms with van der Waals surface area (Å²) in [6, 6.07) is 12.6. The molecule has 0 saturated carbocycles. The monoisotopic (exact) mass is 362 g/mol. The zero-order valence-electron chi connectivity index (χ0n) is 14.9. The highest BCUT2D eigenvalue weighted by Gasteiger charge is 2.19. The second kappa shape index (κ2) is 7.00. The molecule has 0 spiro atoms. The molecule has 4 rings (SSSR count). The SMILES string of the molecule is C=Cc1c(C=N)c2ccc(N3CCCC3)nc2n1Sc1ccc(C)cc1. The van der Waals surface area contributed by atoms with Gasteiger partial charge in [-0.05, 0) is 62.1 Å². The smallest absolute Gasteiger partial charge is 0.153 e. The summed E-state index contributed by atoms with van der Waals surface area (Å²) in [5.41, 5.74) is 3.93. The summed E-state index contributed by atoms with van der Waals surface area (Å²) in [4.78, 5) is 8.44. The van der Waals surface area contributed by atoms with Crippen LogP contribution in [0.1, 0.15) is 29.7 Å². The van der Waals surface area contributed by atoms with Crippen molar-refractivity contribution >= 4 is 41.1 Å². The van der Waals surface area contributed by atoms with Gasteiger partial charge in [0.25, 0.3) is 0 Å². The Morgan fingerprint density at radius 3 is 2.50 bits per heavy atom. The molecule has 0 amide bonds. The van der Waals surface area contributed by atoms with Crippen LogP contribution in [0.25, 0.3) is 17.1 Å². The molecule has 3 heterocycles. The first-order valence-electron chi connectivity index (χ1n) is 8.89. The first-order valence-corrected chi connectivity index (χ1v) is 9.67. The predicted molar refractivity (Wildman–Crippen MR) is 112 cm³/mol. The van der Waals surface area contributed by atoms with Crippen LogP contribution in [0.5, 0.6) is 0 Å². The lowest BCUT2D eigenvalue weighted by Gasteiger charge is -2.16. The van der Waals surface area contributed by atoms with Gasteiger partial charge in [0.1, 0.15) is 5.82 Å². The minimum Gasteiger partial charge on any atom is -0.357 e. The Hall–Kier alpha value is -2.53. The van der Waals surface area contributed by atoms with Gasteiger partial charge in [-0.15, -0.1) is 0 Å². The maximum atomic E-state index is 7.88. The number of benzene rings is 1. The van der Waals surface area contributed by atoms with E-state index in [4.69, 9.17) is 10.4 Å². The van der Waals surface area contributed by atoms with Gasteiger partial charge in [0.15, 0.2) is 5.65 Å². The number of hydrogen-bond donors (Lipinski definition) is 1. The summed E-state index contributed by atoms with van der Waals surface area (Å²) in [5, 5.41) is 8.88. The molecule has 0 radical (unpaired) electrons. The molecular weight excluding hydrogens is 340 g/mol. The molecule has 1 fully saturated rings. The van der Waals surface area contributed by atoms with E-state index in [0.717, 1.165) is 46.1 Å². The van der Waals surface area contributed by atoms with E-state index in [-0.39, 0.29) is 0 Å². The van der Waals surface area contributed by atoms with Gasteiger partial charge >= 0.3 is 0 Å². The topological polar surface area (TPSA) is 44.9 Å². The van der Waals surface area contributed by atoms with Crippen molar-refractivity contribution in [3.05, 3.63) is 59.8 Å². The molecule has 0 atom stereocenters. The van der Waals surface area contributed by atoms with E-state index in [1.54, 1.807) is 11.9 Å². The summed E-state index contributed by atoms with van der Waals surface area (Å²) < 4.78 is 2.10. The largest absolute Gasteiger partial charge is 0.357 e. The fourth-order valence-electron chi connectivity index (χ4n) is 3.43. The van der Waals surface area contributed by atoms with Crippen molar-refractivity contribution in [3.63, 3.8) is 0 Å².